The number of benzene rings is 1. The molecule has 2 aliphatic carbocycles. The van der Waals surface area contributed by atoms with E-state index in [1.807, 2.05) is 0 Å². The smallest absolute Gasteiger partial charge is 0.107 e. The van der Waals surface area contributed by atoms with Crippen LogP contribution in [0, 0.1) is 24.7 Å². The van der Waals surface area contributed by atoms with Crippen LogP contribution >= 0.6 is 0 Å². The molecule has 2 fully saturated rings. The highest BCUT2D eigenvalue weighted by molar-refractivity contribution is 5.75. The normalized spacial score (nSPS) is 30.4. The lowest BCUT2D eigenvalue weighted by molar-refractivity contribution is 0.327. The van der Waals surface area contributed by atoms with Crippen LogP contribution in [0.2, 0.25) is 0 Å². The molecule has 3 unspecified atom stereocenters. The van der Waals surface area contributed by atoms with Crippen LogP contribution < -0.4 is 0 Å². The maximum atomic E-state index is 4.75. The minimum atomic E-state index is 0.894. The predicted octanol–water partition coefficient (Wildman–Crippen LogP) is 3.85. The van der Waals surface area contributed by atoms with E-state index < -0.39 is 0 Å². The first kappa shape index (κ1) is 10.6. The Bertz CT molecular complexity index is 584. The Morgan fingerprint density at radius 2 is 2.22 bits per heavy atom. The number of imidazole rings is 1. The van der Waals surface area contributed by atoms with Crippen molar-refractivity contribution >= 4 is 11.0 Å². The lowest BCUT2D eigenvalue weighted by Crippen LogP contribution is -2.13. The first-order valence-corrected chi connectivity index (χ1v) is 7.23. The molecule has 1 heterocycles. The van der Waals surface area contributed by atoms with Gasteiger partial charge in [0, 0.05) is 6.42 Å². The zero-order chi connectivity index (χ0) is 12.1. The molecule has 2 aromatic rings. The van der Waals surface area contributed by atoms with Gasteiger partial charge >= 0.3 is 0 Å². The van der Waals surface area contributed by atoms with E-state index in [0.29, 0.717) is 0 Å². The molecule has 0 saturated heterocycles. The van der Waals surface area contributed by atoms with Crippen molar-refractivity contribution in [2.75, 3.05) is 0 Å². The van der Waals surface area contributed by atoms with E-state index in [1.54, 1.807) is 0 Å². The summed E-state index contributed by atoms with van der Waals surface area (Å²) in [6.07, 6.45) is 7.05. The lowest BCUT2D eigenvalue weighted by atomic mass is 9.86. The summed E-state index contributed by atoms with van der Waals surface area (Å²) in [6.45, 7) is 2.13. The Morgan fingerprint density at radius 3 is 3.00 bits per heavy atom. The summed E-state index contributed by atoms with van der Waals surface area (Å²) in [6, 6.07) is 6.47. The van der Waals surface area contributed by atoms with Crippen molar-refractivity contribution in [1.82, 2.24) is 9.97 Å². The van der Waals surface area contributed by atoms with Gasteiger partial charge in [-0.15, -0.1) is 0 Å². The third-order valence-electron chi connectivity index (χ3n) is 5.03. The molecule has 2 heteroatoms. The number of rotatable bonds is 2. The van der Waals surface area contributed by atoms with Gasteiger partial charge in [0.25, 0.3) is 0 Å². The molecule has 2 bridgehead atoms. The molecule has 3 atom stereocenters. The summed E-state index contributed by atoms with van der Waals surface area (Å²) < 4.78 is 0. The first-order valence-electron chi connectivity index (χ1n) is 7.23. The maximum absolute atomic E-state index is 4.75. The van der Waals surface area contributed by atoms with Crippen LogP contribution in [-0.4, -0.2) is 9.97 Å². The molecule has 1 aromatic heterocycles. The minimum Gasteiger partial charge on any atom is -0.342 e. The fourth-order valence-corrected chi connectivity index (χ4v) is 4.15. The van der Waals surface area contributed by atoms with Gasteiger partial charge in [0.1, 0.15) is 5.82 Å². The highest BCUT2D eigenvalue weighted by Gasteiger charge is 2.39. The second-order valence-electron chi connectivity index (χ2n) is 6.34. The van der Waals surface area contributed by atoms with Gasteiger partial charge in [-0.05, 0) is 61.6 Å². The zero-order valence-corrected chi connectivity index (χ0v) is 10.9. The highest BCUT2D eigenvalue weighted by Crippen LogP contribution is 2.49. The first-order chi connectivity index (χ1) is 8.78. The molecule has 1 N–H and O–H groups in total. The summed E-state index contributed by atoms with van der Waals surface area (Å²) in [5.41, 5.74) is 3.63. The Balaban J connectivity index is 1.59. The highest BCUT2D eigenvalue weighted by atomic mass is 14.9. The van der Waals surface area contributed by atoms with Crippen LogP contribution in [0.5, 0.6) is 0 Å². The van der Waals surface area contributed by atoms with Crippen molar-refractivity contribution in [3.63, 3.8) is 0 Å². The van der Waals surface area contributed by atoms with E-state index in [1.165, 1.54) is 42.6 Å². The van der Waals surface area contributed by atoms with Crippen molar-refractivity contribution in [2.45, 2.75) is 39.0 Å². The third kappa shape index (κ3) is 1.66. The number of nitrogens with zero attached hydrogens (tertiary/aromatic N) is 1. The molecule has 2 aliphatic rings. The Labute approximate surface area is 108 Å². The number of aromatic nitrogens is 2. The van der Waals surface area contributed by atoms with Crippen molar-refractivity contribution in [2.24, 2.45) is 17.8 Å². The number of hydrogen-bond acceptors (Lipinski definition) is 1. The average Bonchev–Trinajstić information content (AvgIpc) is 3.02. The molecule has 2 saturated carbocycles. The number of fused-ring (bicyclic) bond motifs is 3. The number of aryl methyl sites for hydroxylation is 1. The summed E-state index contributed by atoms with van der Waals surface area (Å²) in [7, 11) is 0. The van der Waals surface area contributed by atoms with Crippen LogP contribution in [0.4, 0.5) is 0 Å². The van der Waals surface area contributed by atoms with Gasteiger partial charge in [-0.3, -0.25) is 0 Å². The van der Waals surface area contributed by atoms with E-state index in [-0.39, 0.29) is 0 Å². The van der Waals surface area contributed by atoms with Gasteiger partial charge in [-0.25, -0.2) is 4.98 Å². The van der Waals surface area contributed by atoms with Crippen LogP contribution in [0.1, 0.15) is 37.1 Å². The molecule has 4 rings (SSSR count). The molecular formula is C16H20N2. The molecule has 94 valence electrons. The average molecular weight is 240 g/mol. The Morgan fingerprint density at radius 1 is 1.28 bits per heavy atom. The number of hydrogen-bond donors (Lipinski definition) is 1. The standard InChI is InChI=1S/C16H20N2/c1-10-2-5-14-15(6-10)18-16(17-14)9-13-8-11-3-4-12(13)7-11/h2,5-6,11-13H,3-4,7-9H2,1H3,(H,17,18). The number of nitrogens with one attached hydrogen (secondary N) is 1. The third-order valence-corrected chi connectivity index (χ3v) is 5.03. The largest absolute Gasteiger partial charge is 0.342 e. The van der Waals surface area contributed by atoms with Crippen LogP contribution in [-0.2, 0) is 6.42 Å². The minimum absolute atomic E-state index is 0.894. The Hall–Kier alpha value is -1.31. The SMILES string of the molecule is Cc1ccc2nc(CC3CC4CCC3C4)[nH]c2c1. The lowest BCUT2D eigenvalue weighted by Gasteiger charge is -2.20. The molecule has 1 aromatic carbocycles. The van der Waals surface area contributed by atoms with E-state index >= 15 is 0 Å². The fraction of sp³-hybridized carbons (Fsp3) is 0.562. The monoisotopic (exact) mass is 240 g/mol. The van der Waals surface area contributed by atoms with Gasteiger partial charge in [0.15, 0.2) is 0 Å². The van der Waals surface area contributed by atoms with Crippen LogP contribution in [0.15, 0.2) is 18.2 Å². The van der Waals surface area contributed by atoms with Crippen molar-refractivity contribution in [3.05, 3.63) is 29.6 Å². The number of aromatic amines is 1. The molecule has 2 nitrogen and oxygen atoms in total. The zero-order valence-electron chi connectivity index (χ0n) is 10.9. The van der Waals surface area contributed by atoms with E-state index in [2.05, 4.69) is 30.1 Å². The summed E-state index contributed by atoms with van der Waals surface area (Å²) in [5.74, 6) is 4.12. The van der Waals surface area contributed by atoms with Crippen LogP contribution in [0.25, 0.3) is 11.0 Å². The van der Waals surface area contributed by atoms with E-state index in [0.717, 1.165) is 29.7 Å². The van der Waals surface area contributed by atoms with E-state index in [4.69, 9.17) is 4.98 Å². The van der Waals surface area contributed by atoms with Gasteiger partial charge in [-0.2, -0.15) is 0 Å². The van der Waals surface area contributed by atoms with Gasteiger partial charge < -0.3 is 4.98 Å². The second-order valence-corrected chi connectivity index (χ2v) is 6.34. The quantitative estimate of drug-likeness (QED) is 0.848. The van der Waals surface area contributed by atoms with Crippen molar-refractivity contribution in [1.29, 1.82) is 0 Å². The van der Waals surface area contributed by atoms with Gasteiger partial charge in [0.05, 0.1) is 11.0 Å². The summed E-state index contributed by atoms with van der Waals surface area (Å²) >= 11 is 0. The molecular weight excluding hydrogens is 220 g/mol. The van der Waals surface area contributed by atoms with Crippen LogP contribution in [0.3, 0.4) is 0 Å². The van der Waals surface area contributed by atoms with Crippen molar-refractivity contribution in [3.8, 4) is 0 Å². The summed E-state index contributed by atoms with van der Waals surface area (Å²) in [5, 5.41) is 0. The topological polar surface area (TPSA) is 28.7 Å². The molecule has 0 amide bonds. The van der Waals surface area contributed by atoms with Gasteiger partial charge in [0.2, 0.25) is 0 Å². The van der Waals surface area contributed by atoms with E-state index in [9.17, 15) is 0 Å². The molecule has 0 aliphatic heterocycles. The molecule has 0 radical (unpaired) electrons. The fourth-order valence-electron chi connectivity index (χ4n) is 4.15. The molecule has 0 spiro atoms. The maximum Gasteiger partial charge on any atom is 0.107 e. The second kappa shape index (κ2) is 3.84. The summed E-state index contributed by atoms with van der Waals surface area (Å²) in [4.78, 5) is 8.26. The van der Waals surface area contributed by atoms with Crippen molar-refractivity contribution < 1.29 is 0 Å². The van der Waals surface area contributed by atoms with Gasteiger partial charge in [-0.1, -0.05) is 12.5 Å². The molecule has 18 heavy (non-hydrogen) atoms. The predicted molar refractivity (Wildman–Crippen MR) is 73.5 cm³/mol. The Kier molecular flexibility index (Phi) is 2.26. The number of H-pyrrole nitrogens is 1.